The number of halogens is 1. The van der Waals surface area contributed by atoms with Gasteiger partial charge in [-0.1, -0.05) is 15.9 Å². The van der Waals surface area contributed by atoms with E-state index in [4.69, 9.17) is 4.74 Å². The van der Waals surface area contributed by atoms with Crippen molar-refractivity contribution in [3.8, 4) is 0 Å². The first-order chi connectivity index (χ1) is 7.98. The molecule has 1 aliphatic rings. The van der Waals surface area contributed by atoms with E-state index < -0.39 is 0 Å². The summed E-state index contributed by atoms with van der Waals surface area (Å²) in [4.78, 5) is 12.1. The maximum absolute atomic E-state index is 12.1. The number of amides is 1. The van der Waals surface area contributed by atoms with Crippen molar-refractivity contribution in [2.75, 3.05) is 13.2 Å². The highest BCUT2D eigenvalue weighted by atomic mass is 79.9. The topological polar surface area (TPSA) is 38.3 Å². The van der Waals surface area contributed by atoms with E-state index >= 15 is 0 Å². The highest BCUT2D eigenvalue weighted by Gasteiger charge is 2.31. The molecular weight excluding hydrogens is 282 g/mol. The molecule has 0 aromatic heterocycles. The van der Waals surface area contributed by atoms with E-state index in [0.29, 0.717) is 18.8 Å². The van der Waals surface area contributed by atoms with Crippen LogP contribution in [0.15, 0.2) is 22.7 Å². The van der Waals surface area contributed by atoms with Gasteiger partial charge in [0.25, 0.3) is 5.91 Å². The first-order valence-corrected chi connectivity index (χ1v) is 6.45. The minimum Gasteiger partial charge on any atom is -0.379 e. The Morgan fingerprint density at radius 3 is 2.82 bits per heavy atom. The second kappa shape index (κ2) is 4.78. The molecule has 0 unspecified atom stereocenters. The van der Waals surface area contributed by atoms with Crippen molar-refractivity contribution in [3.05, 3.63) is 33.8 Å². The summed E-state index contributed by atoms with van der Waals surface area (Å²) in [6.45, 7) is 5.30. The van der Waals surface area contributed by atoms with Gasteiger partial charge in [-0.15, -0.1) is 0 Å². The Bertz CT molecular complexity index is 419. The first-order valence-electron chi connectivity index (χ1n) is 5.66. The molecule has 4 heteroatoms. The Balaban J connectivity index is 2.14. The molecule has 92 valence electrons. The van der Waals surface area contributed by atoms with Gasteiger partial charge >= 0.3 is 0 Å². The fourth-order valence-electron chi connectivity index (χ4n) is 1.98. The van der Waals surface area contributed by atoms with Crippen LogP contribution < -0.4 is 5.32 Å². The van der Waals surface area contributed by atoms with Crippen molar-refractivity contribution in [1.82, 2.24) is 5.32 Å². The molecule has 0 bridgehead atoms. The predicted octanol–water partition coefficient (Wildman–Crippen LogP) is 2.67. The number of carbonyl (C=O) groups is 1. The van der Waals surface area contributed by atoms with Crippen LogP contribution in [0.3, 0.4) is 0 Å². The molecule has 17 heavy (non-hydrogen) atoms. The zero-order valence-corrected chi connectivity index (χ0v) is 11.6. The van der Waals surface area contributed by atoms with Crippen LogP contribution in [0.2, 0.25) is 0 Å². The third kappa shape index (κ3) is 3.07. The van der Waals surface area contributed by atoms with Crippen LogP contribution in [-0.4, -0.2) is 24.7 Å². The van der Waals surface area contributed by atoms with E-state index in [2.05, 4.69) is 21.2 Å². The van der Waals surface area contributed by atoms with Gasteiger partial charge in [0.2, 0.25) is 0 Å². The highest BCUT2D eigenvalue weighted by molar-refractivity contribution is 9.10. The summed E-state index contributed by atoms with van der Waals surface area (Å²) in [5, 5.41) is 3.04. The Hall–Kier alpha value is -0.870. The molecule has 1 fully saturated rings. The van der Waals surface area contributed by atoms with Crippen molar-refractivity contribution in [3.63, 3.8) is 0 Å². The largest absolute Gasteiger partial charge is 0.379 e. The molecule has 1 aromatic carbocycles. The maximum atomic E-state index is 12.1. The Labute approximate surface area is 110 Å². The van der Waals surface area contributed by atoms with E-state index in [1.807, 2.05) is 32.0 Å². The van der Waals surface area contributed by atoms with Crippen molar-refractivity contribution >= 4 is 21.8 Å². The van der Waals surface area contributed by atoms with Crippen LogP contribution in [0.1, 0.15) is 29.3 Å². The van der Waals surface area contributed by atoms with Crippen LogP contribution in [-0.2, 0) is 4.74 Å². The Morgan fingerprint density at radius 1 is 1.47 bits per heavy atom. The number of benzene rings is 1. The molecule has 0 radical (unpaired) electrons. The molecule has 3 nitrogen and oxygen atoms in total. The van der Waals surface area contributed by atoms with Crippen molar-refractivity contribution in [2.24, 2.45) is 0 Å². The highest BCUT2D eigenvalue weighted by Crippen LogP contribution is 2.20. The SMILES string of the molecule is Cc1cc(Br)cc(C(=O)N[C@@]2(C)CCOC2)c1. The number of ether oxygens (including phenoxy) is 1. The summed E-state index contributed by atoms with van der Waals surface area (Å²) < 4.78 is 6.25. The lowest BCUT2D eigenvalue weighted by molar-refractivity contribution is 0.0889. The van der Waals surface area contributed by atoms with Crippen LogP contribution in [0.25, 0.3) is 0 Å². The van der Waals surface area contributed by atoms with E-state index in [1.54, 1.807) is 0 Å². The number of nitrogens with one attached hydrogen (secondary N) is 1. The minimum atomic E-state index is -0.229. The minimum absolute atomic E-state index is 0.0394. The third-order valence-electron chi connectivity index (χ3n) is 2.94. The molecule has 2 rings (SSSR count). The van der Waals surface area contributed by atoms with Crippen LogP contribution in [0.5, 0.6) is 0 Å². The number of hydrogen-bond acceptors (Lipinski definition) is 2. The lowest BCUT2D eigenvalue weighted by Gasteiger charge is -2.23. The Morgan fingerprint density at radius 2 is 2.24 bits per heavy atom. The molecule has 0 saturated carbocycles. The maximum Gasteiger partial charge on any atom is 0.251 e. The summed E-state index contributed by atoms with van der Waals surface area (Å²) in [5.41, 5.74) is 1.52. The lowest BCUT2D eigenvalue weighted by atomic mass is 10.0. The average molecular weight is 298 g/mol. The van der Waals surface area contributed by atoms with Crippen LogP contribution in [0.4, 0.5) is 0 Å². The van der Waals surface area contributed by atoms with Crippen LogP contribution >= 0.6 is 15.9 Å². The summed E-state index contributed by atoms with van der Waals surface area (Å²) in [6.07, 6.45) is 0.867. The summed E-state index contributed by atoms with van der Waals surface area (Å²) >= 11 is 3.40. The van der Waals surface area contributed by atoms with E-state index in [1.165, 1.54) is 0 Å². The van der Waals surface area contributed by atoms with E-state index in [9.17, 15) is 4.79 Å². The van der Waals surface area contributed by atoms with Gasteiger partial charge in [-0.25, -0.2) is 0 Å². The van der Waals surface area contributed by atoms with Gasteiger partial charge in [0, 0.05) is 16.6 Å². The molecule has 1 saturated heterocycles. The number of aryl methyl sites for hydroxylation is 1. The second-order valence-electron chi connectivity index (χ2n) is 4.83. The fraction of sp³-hybridized carbons (Fsp3) is 0.462. The molecular formula is C13H16BrNO2. The zero-order chi connectivity index (χ0) is 12.5. The van der Waals surface area contributed by atoms with Gasteiger partial charge in [0.05, 0.1) is 12.1 Å². The standard InChI is InChI=1S/C13H16BrNO2/c1-9-5-10(7-11(14)6-9)12(16)15-13(2)3-4-17-8-13/h5-7H,3-4,8H2,1-2H3,(H,15,16)/t13-/m0/s1. The van der Waals surface area contributed by atoms with Gasteiger partial charge < -0.3 is 10.1 Å². The quantitative estimate of drug-likeness (QED) is 0.911. The first kappa shape index (κ1) is 12.6. The molecule has 1 atom stereocenters. The molecule has 0 spiro atoms. The van der Waals surface area contributed by atoms with Gasteiger partial charge in [-0.3, -0.25) is 4.79 Å². The van der Waals surface area contributed by atoms with Gasteiger partial charge in [-0.2, -0.15) is 0 Å². The molecule has 0 aliphatic carbocycles. The zero-order valence-electron chi connectivity index (χ0n) is 10.0. The van der Waals surface area contributed by atoms with Gasteiger partial charge in [-0.05, 0) is 44.0 Å². The third-order valence-corrected chi connectivity index (χ3v) is 3.40. The fourth-order valence-corrected chi connectivity index (χ4v) is 2.59. The van der Waals surface area contributed by atoms with Crippen molar-refractivity contribution < 1.29 is 9.53 Å². The van der Waals surface area contributed by atoms with Crippen molar-refractivity contribution in [1.29, 1.82) is 0 Å². The normalized spacial score (nSPS) is 23.7. The Kier molecular flexibility index (Phi) is 3.54. The summed E-state index contributed by atoms with van der Waals surface area (Å²) in [7, 11) is 0. The molecule has 1 heterocycles. The molecule has 1 aromatic rings. The smallest absolute Gasteiger partial charge is 0.251 e. The monoisotopic (exact) mass is 297 g/mol. The van der Waals surface area contributed by atoms with Gasteiger partial charge in [0.15, 0.2) is 0 Å². The lowest BCUT2D eigenvalue weighted by Crippen LogP contribution is -2.46. The summed E-state index contributed by atoms with van der Waals surface area (Å²) in [5.74, 6) is -0.0394. The predicted molar refractivity (Wildman–Crippen MR) is 70.2 cm³/mol. The number of carbonyl (C=O) groups excluding carboxylic acids is 1. The average Bonchev–Trinajstić information content (AvgIpc) is 2.63. The molecule has 1 N–H and O–H groups in total. The van der Waals surface area contributed by atoms with E-state index in [-0.39, 0.29) is 11.4 Å². The molecule has 1 amide bonds. The molecule has 1 aliphatic heterocycles. The van der Waals surface area contributed by atoms with E-state index in [0.717, 1.165) is 16.5 Å². The number of hydrogen-bond donors (Lipinski definition) is 1. The number of rotatable bonds is 2. The van der Waals surface area contributed by atoms with Crippen molar-refractivity contribution in [2.45, 2.75) is 25.8 Å². The second-order valence-corrected chi connectivity index (χ2v) is 5.75. The summed E-state index contributed by atoms with van der Waals surface area (Å²) in [6, 6.07) is 5.71. The van der Waals surface area contributed by atoms with Gasteiger partial charge in [0.1, 0.15) is 0 Å². The van der Waals surface area contributed by atoms with Crippen LogP contribution in [0, 0.1) is 6.92 Å².